The first-order valence-electron chi connectivity index (χ1n) is 8.51. The van der Waals surface area contributed by atoms with Crippen LogP contribution >= 0.6 is 0 Å². The fourth-order valence-corrected chi connectivity index (χ4v) is 2.99. The van der Waals surface area contributed by atoms with Crippen LogP contribution in [0.1, 0.15) is 19.0 Å². The molecule has 1 N–H and O–H groups in total. The predicted molar refractivity (Wildman–Crippen MR) is 96.1 cm³/mol. The molecule has 7 nitrogen and oxygen atoms in total. The molecule has 1 aliphatic heterocycles. The maximum Gasteiger partial charge on any atom is 0.229 e. The summed E-state index contributed by atoms with van der Waals surface area (Å²) in [6, 6.07) is 5.90. The van der Waals surface area contributed by atoms with Crippen molar-refractivity contribution in [2.24, 2.45) is 0 Å². The number of nitrogens with zero attached hydrogens (tertiary/aromatic N) is 3. The average molecular weight is 344 g/mol. The molecule has 0 saturated carbocycles. The molecule has 0 radical (unpaired) electrons. The fraction of sp³-hybridized carbons (Fsp3) is 0.444. The lowest BCUT2D eigenvalue weighted by Crippen LogP contribution is -2.34. The van der Waals surface area contributed by atoms with Gasteiger partial charge in [0.15, 0.2) is 0 Å². The van der Waals surface area contributed by atoms with E-state index in [1.807, 2.05) is 31.3 Å². The number of fused-ring (bicyclic) bond motifs is 1. The number of aromatic nitrogens is 2. The van der Waals surface area contributed by atoms with E-state index in [0.29, 0.717) is 32.7 Å². The Balaban J connectivity index is 1.84. The lowest BCUT2D eigenvalue weighted by Gasteiger charge is -2.32. The van der Waals surface area contributed by atoms with Crippen LogP contribution < -0.4 is 14.5 Å². The van der Waals surface area contributed by atoms with Crippen LogP contribution in [0.3, 0.4) is 0 Å². The number of hydrogen-bond donors (Lipinski definition) is 1. The second kappa shape index (κ2) is 8.02. The van der Waals surface area contributed by atoms with Crippen molar-refractivity contribution in [2.75, 3.05) is 43.2 Å². The number of aromatic amines is 1. The number of H-pyrrole nitrogens is 1. The molecule has 2 heterocycles. The largest absolute Gasteiger partial charge is 0.490 e. The van der Waals surface area contributed by atoms with Gasteiger partial charge in [-0.1, -0.05) is 0 Å². The van der Waals surface area contributed by atoms with Gasteiger partial charge in [0.2, 0.25) is 5.91 Å². The molecule has 0 saturated heterocycles. The highest BCUT2D eigenvalue weighted by Gasteiger charge is 2.22. The summed E-state index contributed by atoms with van der Waals surface area (Å²) in [7, 11) is 1.60. The Morgan fingerprint density at radius 3 is 3.08 bits per heavy atom. The van der Waals surface area contributed by atoms with Crippen LogP contribution in [-0.2, 0) is 16.1 Å². The number of amides is 1. The number of anilines is 2. The van der Waals surface area contributed by atoms with Crippen LogP contribution in [0.2, 0.25) is 0 Å². The van der Waals surface area contributed by atoms with E-state index in [0.717, 1.165) is 29.4 Å². The Bertz CT molecular complexity index is 702. The maximum absolute atomic E-state index is 12.4. The number of benzene rings is 1. The predicted octanol–water partition coefficient (Wildman–Crippen LogP) is 2.20. The van der Waals surface area contributed by atoms with E-state index in [4.69, 9.17) is 9.47 Å². The van der Waals surface area contributed by atoms with Crippen LogP contribution in [0, 0.1) is 0 Å². The van der Waals surface area contributed by atoms with Crippen LogP contribution in [0.5, 0.6) is 5.75 Å². The fourth-order valence-electron chi connectivity index (χ4n) is 2.99. The monoisotopic (exact) mass is 344 g/mol. The first-order valence-corrected chi connectivity index (χ1v) is 8.51. The normalized spacial score (nSPS) is 13.3. The highest BCUT2D eigenvalue weighted by atomic mass is 16.5. The molecular weight excluding hydrogens is 320 g/mol. The molecule has 2 aromatic rings. The number of nitrogens with one attached hydrogen (secondary N) is 1. The van der Waals surface area contributed by atoms with Crippen molar-refractivity contribution in [1.82, 2.24) is 9.97 Å². The maximum atomic E-state index is 12.4. The molecular formula is C18H24N4O3. The van der Waals surface area contributed by atoms with Crippen molar-refractivity contribution in [3.63, 3.8) is 0 Å². The van der Waals surface area contributed by atoms with E-state index in [9.17, 15) is 4.79 Å². The zero-order valence-corrected chi connectivity index (χ0v) is 14.7. The molecule has 0 bridgehead atoms. The summed E-state index contributed by atoms with van der Waals surface area (Å²) in [6.07, 6.45) is 3.95. The number of methoxy groups -OCH3 is 1. The number of ether oxygens (including phenoxy) is 2. The minimum Gasteiger partial charge on any atom is -0.490 e. The van der Waals surface area contributed by atoms with Crippen molar-refractivity contribution in [3.8, 4) is 5.75 Å². The first kappa shape index (κ1) is 17.3. The van der Waals surface area contributed by atoms with Crippen molar-refractivity contribution in [1.29, 1.82) is 0 Å². The molecule has 7 heteroatoms. The number of carbonyl (C=O) groups excluding carboxylic acids is 1. The van der Waals surface area contributed by atoms with E-state index < -0.39 is 0 Å². The summed E-state index contributed by atoms with van der Waals surface area (Å²) in [5, 5.41) is 0. The molecule has 1 aliphatic rings. The number of rotatable bonds is 7. The van der Waals surface area contributed by atoms with Crippen LogP contribution in [0.4, 0.5) is 11.4 Å². The molecule has 25 heavy (non-hydrogen) atoms. The van der Waals surface area contributed by atoms with E-state index in [1.54, 1.807) is 18.3 Å². The number of carbonyl (C=O) groups is 1. The van der Waals surface area contributed by atoms with Gasteiger partial charge in [-0.25, -0.2) is 4.98 Å². The topological polar surface area (TPSA) is 70.7 Å². The van der Waals surface area contributed by atoms with Gasteiger partial charge in [-0.2, -0.15) is 0 Å². The molecule has 0 unspecified atom stereocenters. The zero-order chi connectivity index (χ0) is 17.6. The average Bonchev–Trinajstić information content (AvgIpc) is 3.14. The van der Waals surface area contributed by atoms with Crippen molar-refractivity contribution in [2.45, 2.75) is 19.9 Å². The van der Waals surface area contributed by atoms with Gasteiger partial charge >= 0.3 is 0 Å². The molecule has 134 valence electrons. The molecule has 1 aromatic heterocycles. The number of hydrogen-bond acceptors (Lipinski definition) is 5. The van der Waals surface area contributed by atoms with E-state index >= 15 is 0 Å². The highest BCUT2D eigenvalue weighted by Crippen LogP contribution is 2.36. The molecule has 0 aliphatic carbocycles. The van der Waals surface area contributed by atoms with Crippen molar-refractivity contribution >= 4 is 17.3 Å². The second-order valence-electron chi connectivity index (χ2n) is 5.86. The van der Waals surface area contributed by atoms with Crippen LogP contribution in [0.15, 0.2) is 30.7 Å². The van der Waals surface area contributed by atoms with Gasteiger partial charge in [-0.3, -0.25) is 4.79 Å². The third-order valence-electron chi connectivity index (χ3n) is 4.26. The number of imidazole rings is 1. The van der Waals surface area contributed by atoms with E-state index in [-0.39, 0.29) is 5.91 Å². The summed E-state index contributed by atoms with van der Waals surface area (Å²) in [5.41, 5.74) is 2.84. The van der Waals surface area contributed by atoms with E-state index in [1.165, 1.54) is 0 Å². The Hall–Kier alpha value is -2.54. The molecule has 1 amide bonds. The Morgan fingerprint density at radius 2 is 2.36 bits per heavy atom. The van der Waals surface area contributed by atoms with Crippen molar-refractivity contribution < 1.29 is 14.3 Å². The standard InChI is InChI=1S/C18H24N4O3/c1-3-22(18(23)6-8-24-2)15-4-5-17-16(10-15)21(7-9-25-17)12-14-11-19-13-20-14/h4-5,10-11,13H,3,6-9,12H2,1-2H3,(H,19,20). The van der Waals surface area contributed by atoms with E-state index in [2.05, 4.69) is 14.9 Å². The van der Waals surface area contributed by atoms with Gasteiger partial charge in [-0.05, 0) is 25.1 Å². The summed E-state index contributed by atoms with van der Waals surface area (Å²) >= 11 is 0. The smallest absolute Gasteiger partial charge is 0.229 e. The van der Waals surface area contributed by atoms with Gasteiger partial charge in [-0.15, -0.1) is 0 Å². The second-order valence-corrected chi connectivity index (χ2v) is 5.86. The van der Waals surface area contributed by atoms with Crippen LogP contribution in [0.25, 0.3) is 0 Å². The first-order chi connectivity index (χ1) is 12.2. The lowest BCUT2D eigenvalue weighted by molar-refractivity contribution is -0.119. The Kier molecular flexibility index (Phi) is 5.55. The molecule has 1 aromatic carbocycles. The SMILES string of the molecule is CCN(C(=O)CCOC)c1ccc2c(c1)N(Cc1c[nH]cn1)CCO2. The molecule has 3 rings (SSSR count). The summed E-state index contributed by atoms with van der Waals surface area (Å²) in [5.74, 6) is 0.894. The van der Waals surface area contributed by atoms with Gasteiger partial charge in [0.05, 0.1) is 43.8 Å². The van der Waals surface area contributed by atoms with Crippen molar-refractivity contribution in [3.05, 3.63) is 36.4 Å². The summed E-state index contributed by atoms with van der Waals surface area (Å²) < 4.78 is 10.8. The van der Waals surface area contributed by atoms with Gasteiger partial charge < -0.3 is 24.3 Å². The third-order valence-corrected chi connectivity index (χ3v) is 4.26. The minimum atomic E-state index is 0.0554. The Labute approximate surface area is 147 Å². The zero-order valence-electron chi connectivity index (χ0n) is 14.7. The van der Waals surface area contributed by atoms with Crippen LogP contribution in [-0.4, -0.2) is 49.3 Å². The lowest BCUT2D eigenvalue weighted by atomic mass is 10.2. The Morgan fingerprint density at radius 1 is 1.48 bits per heavy atom. The molecule has 0 atom stereocenters. The third kappa shape index (κ3) is 3.93. The summed E-state index contributed by atoms with van der Waals surface area (Å²) in [4.78, 5) is 23.7. The quantitative estimate of drug-likeness (QED) is 0.834. The van der Waals surface area contributed by atoms with Gasteiger partial charge in [0.1, 0.15) is 12.4 Å². The van der Waals surface area contributed by atoms with Gasteiger partial charge in [0.25, 0.3) is 0 Å². The highest BCUT2D eigenvalue weighted by molar-refractivity contribution is 5.94. The molecule has 0 fully saturated rings. The van der Waals surface area contributed by atoms with Gasteiger partial charge in [0, 0.05) is 25.5 Å². The summed E-state index contributed by atoms with van der Waals surface area (Å²) in [6.45, 7) is 5.14. The minimum absolute atomic E-state index is 0.0554. The molecule has 0 spiro atoms.